The molecule has 3 nitrogen and oxygen atoms in total. The van der Waals surface area contributed by atoms with Gasteiger partial charge in [-0.15, -0.1) is 0 Å². The molecule has 0 saturated heterocycles. The Bertz CT molecular complexity index is 372. The number of aromatic nitrogens is 1. The van der Waals surface area contributed by atoms with Gasteiger partial charge in [0.25, 0.3) is 0 Å². The highest BCUT2D eigenvalue weighted by molar-refractivity contribution is 6.74. The molecule has 96 valence electrons. The SMILES string of the molecule is CC(C)(C)[Si](C)(C)OCc1ccnc(CN)c1. The van der Waals surface area contributed by atoms with Crippen LogP contribution in [0.4, 0.5) is 0 Å². The Morgan fingerprint density at radius 3 is 2.53 bits per heavy atom. The van der Waals surface area contributed by atoms with Crippen LogP contribution in [0.15, 0.2) is 18.3 Å². The highest BCUT2D eigenvalue weighted by atomic mass is 28.4. The average molecular weight is 252 g/mol. The number of nitrogens with zero attached hydrogens (tertiary/aromatic N) is 1. The van der Waals surface area contributed by atoms with E-state index in [-0.39, 0.29) is 5.04 Å². The van der Waals surface area contributed by atoms with Crippen molar-refractivity contribution in [2.45, 2.75) is 52.1 Å². The Hall–Kier alpha value is -0.713. The second-order valence-corrected chi connectivity index (χ2v) is 10.7. The molecule has 0 fully saturated rings. The van der Waals surface area contributed by atoms with E-state index in [1.807, 2.05) is 12.1 Å². The van der Waals surface area contributed by atoms with Gasteiger partial charge in [0.15, 0.2) is 8.32 Å². The minimum atomic E-state index is -1.67. The summed E-state index contributed by atoms with van der Waals surface area (Å²) in [7, 11) is -1.67. The van der Waals surface area contributed by atoms with Gasteiger partial charge < -0.3 is 10.2 Å². The van der Waals surface area contributed by atoms with Crippen LogP contribution in [0, 0.1) is 0 Å². The maximum Gasteiger partial charge on any atom is 0.192 e. The van der Waals surface area contributed by atoms with E-state index in [0.29, 0.717) is 13.2 Å². The Balaban J connectivity index is 2.67. The molecule has 0 aliphatic rings. The summed E-state index contributed by atoms with van der Waals surface area (Å²) < 4.78 is 6.15. The van der Waals surface area contributed by atoms with E-state index < -0.39 is 8.32 Å². The minimum Gasteiger partial charge on any atom is -0.413 e. The largest absolute Gasteiger partial charge is 0.413 e. The maximum atomic E-state index is 6.15. The second-order valence-electron chi connectivity index (χ2n) is 5.91. The molecule has 1 heterocycles. The standard InChI is InChI=1S/C13H24N2OSi/c1-13(2,3)17(4,5)16-10-11-6-7-15-12(8-11)9-14/h6-8H,9-10,14H2,1-5H3. The number of hydrogen-bond acceptors (Lipinski definition) is 3. The zero-order chi connectivity index (χ0) is 13.1. The van der Waals surface area contributed by atoms with Gasteiger partial charge in [-0.05, 0) is 35.8 Å². The fourth-order valence-corrected chi connectivity index (χ4v) is 2.17. The summed E-state index contributed by atoms with van der Waals surface area (Å²) in [6.45, 7) is 12.4. The van der Waals surface area contributed by atoms with Crippen molar-refractivity contribution >= 4 is 8.32 Å². The molecule has 17 heavy (non-hydrogen) atoms. The molecular formula is C13H24N2OSi. The Labute approximate surface area is 106 Å². The van der Waals surface area contributed by atoms with Gasteiger partial charge in [0, 0.05) is 12.7 Å². The lowest BCUT2D eigenvalue weighted by Gasteiger charge is -2.36. The average Bonchev–Trinajstić information content (AvgIpc) is 2.25. The first-order chi connectivity index (χ1) is 7.76. The van der Waals surface area contributed by atoms with Crippen molar-refractivity contribution in [1.82, 2.24) is 4.98 Å². The second kappa shape index (κ2) is 5.29. The molecule has 0 saturated carbocycles. The van der Waals surface area contributed by atoms with E-state index >= 15 is 0 Å². The first-order valence-corrected chi connectivity index (χ1v) is 8.95. The summed E-state index contributed by atoms with van der Waals surface area (Å²) in [5.41, 5.74) is 7.65. The third-order valence-electron chi connectivity index (χ3n) is 3.50. The van der Waals surface area contributed by atoms with Crippen LogP contribution >= 0.6 is 0 Å². The minimum absolute atomic E-state index is 0.247. The quantitative estimate of drug-likeness (QED) is 0.838. The van der Waals surface area contributed by atoms with Crippen LogP contribution in [0.25, 0.3) is 0 Å². The molecule has 0 atom stereocenters. The zero-order valence-electron chi connectivity index (χ0n) is 11.6. The van der Waals surface area contributed by atoms with Gasteiger partial charge in [-0.3, -0.25) is 4.98 Å². The molecule has 0 spiro atoms. The zero-order valence-corrected chi connectivity index (χ0v) is 12.6. The summed E-state index contributed by atoms with van der Waals surface area (Å²) in [5, 5.41) is 0.247. The molecule has 0 aromatic carbocycles. The molecule has 1 rings (SSSR count). The first-order valence-electron chi connectivity index (χ1n) is 6.04. The van der Waals surface area contributed by atoms with Crippen LogP contribution < -0.4 is 5.73 Å². The van der Waals surface area contributed by atoms with Crippen molar-refractivity contribution in [3.05, 3.63) is 29.6 Å². The molecule has 0 aliphatic carbocycles. The summed E-state index contributed by atoms with van der Waals surface area (Å²) in [4.78, 5) is 4.18. The van der Waals surface area contributed by atoms with E-state index in [9.17, 15) is 0 Å². The van der Waals surface area contributed by atoms with Gasteiger partial charge in [0.2, 0.25) is 0 Å². The summed E-state index contributed by atoms with van der Waals surface area (Å²) >= 11 is 0. The molecule has 0 amide bonds. The van der Waals surface area contributed by atoms with Crippen molar-refractivity contribution in [3.8, 4) is 0 Å². The van der Waals surface area contributed by atoms with Crippen molar-refractivity contribution in [3.63, 3.8) is 0 Å². The first kappa shape index (κ1) is 14.3. The van der Waals surface area contributed by atoms with Gasteiger partial charge in [0.1, 0.15) is 0 Å². The van der Waals surface area contributed by atoms with Crippen LogP contribution in [0.3, 0.4) is 0 Å². The van der Waals surface area contributed by atoms with Crippen molar-refractivity contribution < 1.29 is 4.43 Å². The molecule has 0 radical (unpaired) electrons. The fraction of sp³-hybridized carbons (Fsp3) is 0.615. The van der Waals surface area contributed by atoms with Crippen molar-refractivity contribution in [2.24, 2.45) is 5.73 Å². The molecule has 4 heteroatoms. The van der Waals surface area contributed by atoms with Crippen LogP contribution in [0.5, 0.6) is 0 Å². The molecule has 1 aromatic rings. The van der Waals surface area contributed by atoms with Crippen molar-refractivity contribution in [2.75, 3.05) is 0 Å². The van der Waals surface area contributed by atoms with E-state index in [1.54, 1.807) is 6.20 Å². The number of pyridine rings is 1. The Kier molecular flexibility index (Phi) is 4.46. The topological polar surface area (TPSA) is 48.1 Å². The van der Waals surface area contributed by atoms with Gasteiger partial charge in [0.05, 0.1) is 12.3 Å². The lowest BCUT2D eigenvalue weighted by molar-refractivity contribution is 0.276. The van der Waals surface area contributed by atoms with Gasteiger partial charge in [-0.2, -0.15) is 0 Å². The predicted octanol–water partition coefficient (Wildman–Crippen LogP) is 3.06. The van der Waals surface area contributed by atoms with E-state index in [2.05, 4.69) is 38.8 Å². The predicted molar refractivity (Wildman–Crippen MR) is 74.1 cm³/mol. The summed E-state index contributed by atoms with van der Waals surface area (Å²) in [6.07, 6.45) is 1.80. The van der Waals surface area contributed by atoms with Crippen LogP contribution in [0.1, 0.15) is 32.0 Å². The lowest BCUT2D eigenvalue weighted by Crippen LogP contribution is -2.40. The maximum absolute atomic E-state index is 6.15. The van der Waals surface area contributed by atoms with Gasteiger partial charge in [-0.1, -0.05) is 20.8 Å². The Morgan fingerprint density at radius 1 is 1.35 bits per heavy atom. The normalized spacial score (nSPS) is 12.8. The number of nitrogens with two attached hydrogens (primary N) is 1. The van der Waals surface area contributed by atoms with Crippen LogP contribution in [-0.4, -0.2) is 13.3 Å². The lowest BCUT2D eigenvalue weighted by atomic mass is 10.2. The monoisotopic (exact) mass is 252 g/mol. The molecular weight excluding hydrogens is 228 g/mol. The number of hydrogen-bond donors (Lipinski definition) is 1. The molecule has 0 unspecified atom stereocenters. The van der Waals surface area contributed by atoms with Crippen LogP contribution in [0.2, 0.25) is 18.1 Å². The highest BCUT2D eigenvalue weighted by Crippen LogP contribution is 2.36. The van der Waals surface area contributed by atoms with Gasteiger partial charge >= 0.3 is 0 Å². The van der Waals surface area contributed by atoms with Crippen molar-refractivity contribution in [1.29, 1.82) is 0 Å². The summed E-state index contributed by atoms with van der Waals surface area (Å²) in [5.74, 6) is 0. The Morgan fingerprint density at radius 2 is 2.00 bits per heavy atom. The smallest absolute Gasteiger partial charge is 0.192 e. The van der Waals surface area contributed by atoms with E-state index in [4.69, 9.17) is 10.2 Å². The molecule has 0 bridgehead atoms. The van der Waals surface area contributed by atoms with E-state index in [1.165, 1.54) is 0 Å². The van der Waals surface area contributed by atoms with Crippen LogP contribution in [-0.2, 0) is 17.6 Å². The third kappa shape index (κ3) is 3.91. The summed E-state index contributed by atoms with van der Waals surface area (Å²) in [6, 6.07) is 4.01. The molecule has 0 aliphatic heterocycles. The molecule has 1 aromatic heterocycles. The highest BCUT2D eigenvalue weighted by Gasteiger charge is 2.36. The van der Waals surface area contributed by atoms with E-state index in [0.717, 1.165) is 11.3 Å². The van der Waals surface area contributed by atoms with Gasteiger partial charge in [-0.25, -0.2) is 0 Å². The number of rotatable bonds is 4. The molecule has 2 N–H and O–H groups in total. The third-order valence-corrected chi connectivity index (χ3v) is 7.97. The fourth-order valence-electron chi connectivity index (χ4n) is 1.21.